The fourth-order valence-corrected chi connectivity index (χ4v) is 4.63. The molecule has 0 saturated carbocycles. The molecule has 36 heavy (non-hydrogen) atoms. The molecule has 8 heteroatoms. The first kappa shape index (κ1) is 28.2. The van der Waals surface area contributed by atoms with Gasteiger partial charge in [-0.1, -0.05) is 18.2 Å². The Labute approximate surface area is 215 Å². The smallest absolute Gasteiger partial charge is 0.138 e. The van der Waals surface area contributed by atoms with E-state index in [1.807, 2.05) is 24.3 Å². The van der Waals surface area contributed by atoms with Gasteiger partial charge in [0.1, 0.15) is 11.5 Å². The summed E-state index contributed by atoms with van der Waals surface area (Å²) in [5.74, 6) is 1.58. The van der Waals surface area contributed by atoms with Crippen molar-refractivity contribution in [2.45, 2.75) is 37.9 Å². The molecule has 0 radical (unpaired) electrons. The molecule has 1 aliphatic rings. The van der Waals surface area contributed by atoms with Crippen molar-refractivity contribution >= 4 is 5.69 Å². The van der Waals surface area contributed by atoms with Gasteiger partial charge in [0.2, 0.25) is 0 Å². The zero-order chi connectivity index (χ0) is 25.6. The van der Waals surface area contributed by atoms with Crippen molar-refractivity contribution in [2.75, 3.05) is 65.5 Å². The second kappa shape index (κ2) is 15.7. The fraction of sp³-hybridized carbons (Fsp3) is 0.571. The molecule has 8 nitrogen and oxygen atoms in total. The Bertz CT molecular complexity index is 880. The number of unbranched alkanes of at least 4 members (excludes halogenated alkanes) is 1. The summed E-state index contributed by atoms with van der Waals surface area (Å²) in [6.45, 7) is 5.52. The van der Waals surface area contributed by atoms with Gasteiger partial charge in [-0.15, -0.1) is 0 Å². The van der Waals surface area contributed by atoms with Crippen LogP contribution < -0.4 is 21.1 Å². The van der Waals surface area contributed by atoms with Crippen molar-refractivity contribution in [1.29, 1.82) is 0 Å². The van der Waals surface area contributed by atoms with E-state index in [0.717, 1.165) is 56.8 Å². The molecule has 0 aliphatic carbocycles. The third kappa shape index (κ3) is 8.64. The van der Waals surface area contributed by atoms with Gasteiger partial charge in [0, 0.05) is 46.4 Å². The Kier molecular flexibility index (Phi) is 12.3. The average Bonchev–Trinajstić information content (AvgIpc) is 2.91. The lowest BCUT2D eigenvalue weighted by Gasteiger charge is -2.38. The quantitative estimate of drug-likeness (QED) is 0.205. The van der Waals surface area contributed by atoms with Crippen LogP contribution in [0.5, 0.6) is 11.5 Å². The second-order valence-corrected chi connectivity index (χ2v) is 9.27. The summed E-state index contributed by atoms with van der Waals surface area (Å²) in [7, 11) is 3.41. The minimum Gasteiger partial charge on any atom is -0.506 e. The molecule has 1 fully saturated rings. The van der Waals surface area contributed by atoms with Crippen LogP contribution in [0.3, 0.4) is 0 Å². The van der Waals surface area contributed by atoms with Crippen LogP contribution in [0.1, 0.15) is 36.3 Å². The third-order valence-electron chi connectivity index (χ3n) is 6.61. The first-order valence-electron chi connectivity index (χ1n) is 12.9. The first-order chi connectivity index (χ1) is 17.7. The normalized spacial score (nSPS) is 19.8. The summed E-state index contributed by atoms with van der Waals surface area (Å²) < 4.78 is 22.5. The fourth-order valence-electron chi connectivity index (χ4n) is 4.63. The van der Waals surface area contributed by atoms with E-state index in [1.165, 1.54) is 5.56 Å². The highest BCUT2D eigenvalue weighted by atomic mass is 16.5. The van der Waals surface area contributed by atoms with Gasteiger partial charge in [-0.2, -0.15) is 0 Å². The second-order valence-electron chi connectivity index (χ2n) is 9.27. The Balaban J connectivity index is 1.61. The van der Waals surface area contributed by atoms with Gasteiger partial charge in [-0.05, 0) is 73.7 Å². The zero-order valence-electron chi connectivity index (χ0n) is 21.7. The van der Waals surface area contributed by atoms with E-state index in [1.54, 1.807) is 20.3 Å². The number of anilines is 1. The van der Waals surface area contributed by atoms with Gasteiger partial charge in [0.05, 0.1) is 25.0 Å². The lowest BCUT2D eigenvalue weighted by Crippen LogP contribution is -2.49. The van der Waals surface area contributed by atoms with E-state index in [0.29, 0.717) is 32.1 Å². The molecule has 0 unspecified atom stereocenters. The van der Waals surface area contributed by atoms with E-state index in [2.05, 4.69) is 22.8 Å². The molecule has 3 atom stereocenters. The predicted octanol–water partition coefficient (Wildman–Crippen LogP) is 3.49. The van der Waals surface area contributed by atoms with Crippen LogP contribution in [-0.2, 0) is 20.8 Å². The molecule has 3 rings (SSSR count). The monoisotopic (exact) mass is 501 g/mol. The number of benzene rings is 2. The molecule has 0 amide bonds. The Morgan fingerprint density at radius 3 is 2.47 bits per heavy atom. The predicted molar refractivity (Wildman–Crippen MR) is 143 cm³/mol. The molecule has 5 N–H and O–H groups in total. The van der Waals surface area contributed by atoms with Crippen LogP contribution in [-0.4, -0.2) is 71.4 Å². The van der Waals surface area contributed by atoms with Gasteiger partial charge >= 0.3 is 0 Å². The maximum absolute atomic E-state index is 10.2. The number of nitrogens with one attached hydrogen (secondary N) is 2. The van der Waals surface area contributed by atoms with Crippen molar-refractivity contribution in [1.82, 2.24) is 5.32 Å². The van der Waals surface area contributed by atoms with Gasteiger partial charge in [0.15, 0.2) is 0 Å². The van der Waals surface area contributed by atoms with Crippen LogP contribution in [0.4, 0.5) is 5.69 Å². The molecule has 200 valence electrons. The maximum atomic E-state index is 10.2. The van der Waals surface area contributed by atoms with Crippen molar-refractivity contribution in [3.8, 4) is 11.5 Å². The minimum atomic E-state index is -0.0139. The summed E-state index contributed by atoms with van der Waals surface area (Å²) in [6.07, 6.45) is 2.81. The maximum Gasteiger partial charge on any atom is 0.138 e. The number of ether oxygens (including phenoxy) is 4. The largest absolute Gasteiger partial charge is 0.506 e. The van der Waals surface area contributed by atoms with E-state index in [9.17, 15) is 5.11 Å². The number of hydrogen-bond acceptors (Lipinski definition) is 8. The summed E-state index contributed by atoms with van der Waals surface area (Å²) in [6, 6.07) is 13.9. The number of phenols is 1. The average molecular weight is 502 g/mol. The van der Waals surface area contributed by atoms with E-state index >= 15 is 0 Å². The molecule has 1 heterocycles. The van der Waals surface area contributed by atoms with E-state index in [-0.39, 0.29) is 23.7 Å². The summed E-state index contributed by atoms with van der Waals surface area (Å²) in [4.78, 5) is 0. The molecule has 0 spiro atoms. The van der Waals surface area contributed by atoms with Gasteiger partial charge in [-0.3, -0.25) is 0 Å². The number of rotatable bonds is 16. The standard InChI is InChI=1S/C28H43N3O5/c1-33-13-3-4-15-35-24-9-7-22(8-10-24)28-23(17-29)18-30-19-27(28)36-20-21-6-11-26(32)25(16-21)31-12-5-14-34-2/h6-11,16,23,27-28,30-32H,3-5,12-15,17-20,29H2,1-2H3/t23-,27+,28+/m1/s1. The Hall–Kier alpha value is -2.36. The lowest BCUT2D eigenvalue weighted by atomic mass is 9.79. The Morgan fingerprint density at radius 2 is 1.72 bits per heavy atom. The van der Waals surface area contributed by atoms with Gasteiger partial charge in [0.25, 0.3) is 0 Å². The van der Waals surface area contributed by atoms with Crippen molar-refractivity contribution in [2.24, 2.45) is 11.7 Å². The van der Waals surface area contributed by atoms with Crippen LogP contribution >= 0.6 is 0 Å². The molecule has 2 aromatic rings. The summed E-state index contributed by atoms with van der Waals surface area (Å²) in [5, 5.41) is 17.0. The topological polar surface area (TPSA) is 107 Å². The van der Waals surface area contributed by atoms with Crippen molar-refractivity contribution < 1.29 is 24.1 Å². The highest BCUT2D eigenvalue weighted by Crippen LogP contribution is 2.34. The number of piperidine rings is 1. The Morgan fingerprint density at radius 1 is 0.972 bits per heavy atom. The number of phenolic OH excluding ortho intramolecular Hbond substituents is 1. The minimum absolute atomic E-state index is 0.0139. The highest BCUT2D eigenvalue weighted by molar-refractivity contribution is 5.57. The van der Waals surface area contributed by atoms with Crippen LogP contribution in [0.15, 0.2) is 42.5 Å². The number of hydrogen-bond donors (Lipinski definition) is 4. The SMILES string of the molecule is COCCCCOc1ccc([C@H]2[C@H](CN)CNC[C@@H]2OCc2ccc(O)c(NCCCOC)c2)cc1. The molecular weight excluding hydrogens is 458 g/mol. The third-order valence-corrected chi connectivity index (χ3v) is 6.61. The molecule has 1 aliphatic heterocycles. The van der Waals surface area contributed by atoms with E-state index in [4.69, 9.17) is 24.7 Å². The van der Waals surface area contributed by atoms with Gasteiger partial charge in [-0.25, -0.2) is 0 Å². The van der Waals surface area contributed by atoms with Crippen LogP contribution in [0.25, 0.3) is 0 Å². The molecule has 2 aromatic carbocycles. The number of methoxy groups -OCH3 is 2. The molecule has 0 aromatic heterocycles. The first-order valence-corrected chi connectivity index (χ1v) is 12.9. The lowest BCUT2D eigenvalue weighted by molar-refractivity contribution is -0.00472. The van der Waals surface area contributed by atoms with Crippen molar-refractivity contribution in [3.63, 3.8) is 0 Å². The number of aromatic hydroxyl groups is 1. The highest BCUT2D eigenvalue weighted by Gasteiger charge is 2.34. The zero-order valence-corrected chi connectivity index (χ0v) is 21.7. The summed E-state index contributed by atoms with van der Waals surface area (Å²) >= 11 is 0. The molecule has 1 saturated heterocycles. The number of nitrogens with two attached hydrogens (primary N) is 1. The summed E-state index contributed by atoms with van der Waals surface area (Å²) in [5.41, 5.74) is 9.10. The van der Waals surface area contributed by atoms with Crippen molar-refractivity contribution in [3.05, 3.63) is 53.6 Å². The molecule has 0 bridgehead atoms. The molecular formula is C28H43N3O5. The van der Waals surface area contributed by atoms with Crippen LogP contribution in [0.2, 0.25) is 0 Å². The van der Waals surface area contributed by atoms with Crippen LogP contribution in [0, 0.1) is 5.92 Å². The van der Waals surface area contributed by atoms with Gasteiger partial charge < -0.3 is 40.4 Å². The van der Waals surface area contributed by atoms with E-state index < -0.39 is 0 Å².